The number of allylic oxidation sites excluding steroid dienone is 16. The fourth-order valence-electron chi connectivity index (χ4n) is 6.67. The lowest BCUT2D eigenvalue weighted by Crippen LogP contribution is -2.20. The van der Waals surface area contributed by atoms with Gasteiger partial charge in [-0.2, -0.15) is 0 Å². The summed E-state index contributed by atoms with van der Waals surface area (Å²) in [6.07, 6.45) is 28.5. The molecule has 3 unspecified atom stereocenters. The third kappa shape index (κ3) is 5.24. The number of fused-ring (bicyclic) bond motifs is 2. The molecule has 3 atom stereocenters. The Hall–Kier alpha value is -4.94. The van der Waals surface area contributed by atoms with Gasteiger partial charge in [0.1, 0.15) is 0 Å². The molecule has 0 amide bonds. The lowest BCUT2D eigenvalue weighted by molar-refractivity contribution is 0.640. The minimum Gasteiger partial charge on any atom is -0.0761 e. The van der Waals surface area contributed by atoms with Gasteiger partial charge in [-0.25, -0.2) is 0 Å². The second kappa shape index (κ2) is 11.9. The van der Waals surface area contributed by atoms with Crippen LogP contribution in [0.5, 0.6) is 0 Å². The molecular weight excluding hydrogens is 504 g/mol. The van der Waals surface area contributed by atoms with E-state index in [0.717, 1.165) is 6.42 Å². The quantitative estimate of drug-likeness (QED) is 0.242. The predicted octanol–water partition coefficient (Wildman–Crippen LogP) is 10.8. The molecule has 0 spiro atoms. The fraction of sp³-hybridized carbons (Fsp3) is 0.0952. The highest BCUT2D eigenvalue weighted by Gasteiger charge is 2.30. The number of hydrogen-bond acceptors (Lipinski definition) is 0. The van der Waals surface area contributed by atoms with E-state index in [2.05, 4.69) is 176 Å². The van der Waals surface area contributed by atoms with Crippen molar-refractivity contribution in [1.29, 1.82) is 0 Å². The smallest absolute Gasteiger partial charge is 0.0131 e. The van der Waals surface area contributed by atoms with Crippen molar-refractivity contribution in [3.8, 4) is 0 Å². The minimum absolute atomic E-state index is 0.213. The Kier molecular flexibility index (Phi) is 7.36. The van der Waals surface area contributed by atoms with Crippen LogP contribution in [0.15, 0.2) is 187 Å². The van der Waals surface area contributed by atoms with Crippen molar-refractivity contribution in [1.82, 2.24) is 0 Å². The number of rotatable bonds is 4. The maximum absolute atomic E-state index is 2.46. The Morgan fingerprint density at radius 3 is 1.95 bits per heavy atom. The lowest BCUT2D eigenvalue weighted by atomic mass is 9.70. The first-order chi connectivity index (χ1) is 20.8. The van der Waals surface area contributed by atoms with Crippen molar-refractivity contribution in [2.24, 2.45) is 11.8 Å². The Morgan fingerprint density at radius 2 is 1.17 bits per heavy atom. The van der Waals surface area contributed by atoms with Gasteiger partial charge in [-0.1, -0.05) is 176 Å². The van der Waals surface area contributed by atoms with Crippen LogP contribution in [0.2, 0.25) is 0 Å². The molecule has 3 aliphatic carbocycles. The number of benzene rings is 4. The van der Waals surface area contributed by atoms with Crippen LogP contribution in [0.4, 0.5) is 0 Å². The highest BCUT2D eigenvalue weighted by Crippen LogP contribution is 2.45. The summed E-state index contributed by atoms with van der Waals surface area (Å²) >= 11 is 0. The summed E-state index contributed by atoms with van der Waals surface area (Å²) in [5.74, 6) is 0.746. The topological polar surface area (TPSA) is 0 Å². The Morgan fingerprint density at radius 1 is 0.524 bits per heavy atom. The zero-order valence-electron chi connectivity index (χ0n) is 23.7. The van der Waals surface area contributed by atoms with Gasteiger partial charge >= 0.3 is 0 Å². The molecule has 0 radical (unpaired) electrons. The molecular formula is C42H34. The summed E-state index contributed by atoms with van der Waals surface area (Å²) < 4.78 is 0. The second-order valence-corrected chi connectivity index (χ2v) is 11.2. The normalized spacial score (nSPS) is 25.7. The summed E-state index contributed by atoms with van der Waals surface area (Å²) in [6.45, 7) is 0. The molecule has 202 valence electrons. The molecule has 42 heavy (non-hydrogen) atoms. The van der Waals surface area contributed by atoms with Crippen LogP contribution in [0, 0.1) is 11.8 Å². The van der Waals surface area contributed by atoms with E-state index in [1.807, 2.05) is 0 Å². The van der Waals surface area contributed by atoms with Crippen molar-refractivity contribution in [3.63, 3.8) is 0 Å². The van der Waals surface area contributed by atoms with Crippen LogP contribution >= 0.6 is 0 Å². The summed E-state index contributed by atoms with van der Waals surface area (Å²) in [6, 6.07) is 37.2. The van der Waals surface area contributed by atoms with Crippen molar-refractivity contribution in [2.75, 3.05) is 0 Å². The first-order valence-corrected chi connectivity index (χ1v) is 15.0. The average molecular weight is 539 g/mol. The van der Waals surface area contributed by atoms with Crippen LogP contribution < -0.4 is 0 Å². The zero-order chi connectivity index (χ0) is 28.1. The molecule has 0 heterocycles. The molecule has 0 fully saturated rings. The molecule has 0 heteroatoms. The van der Waals surface area contributed by atoms with Crippen molar-refractivity contribution in [3.05, 3.63) is 204 Å². The van der Waals surface area contributed by atoms with Gasteiger partial charge in [-0.15, -0.1) is 0 Å². The number of hydrogen-bond donors (Lipinski definition) is 0. The molecule has 3 aliphatic rings. The molecule has 0 nitrogen and oxygen atoms in total. The van der Waals surface area contributed by atoms with Crippen LogP contribution in [-0.4, -0.2) is 0 Å². The molecule has 7 rings (SSSR count). The van der Waals surface area contributed by atoms with Gasteiger partial charge in [0.15, 0.2) is 0 Å². The van der Waals surface area contributed by atoms with E-state index in [1.165, 1.54) is 49.8 Å². The zero-order valence-corrected chi connectivity index (χ0v) is 23.7. The molecule has 0 aliphatic heterocycles. The van der Waals surface area contributed by atoms with Gasteiger partial charge in [-0.05, 0) is 56.2 Å². The third-order valence-electron chi connectivity index (χ3n) is 8.69. The lowest BCUT2D eigenvalue weighted by Gasteiger charge is -2.33. The van der Waals surface area contributed by atoms with Crippen LogP contribution in [0.1, 0.15) is 29.0 Å². The van der Waals surface area contributed by atoms with Crippen LogP contribution in [0.3, 0.4) is 0 Å². The Labute approximate surface area is 249 Å². The summed E-state index contributed by atoms with van der Waals surface area (Å²) in [5.41, 5.74) is 9.38. The highest BCUT2D eigenvalue weighted by atomic mass is 14.3. The Balaban J connectivity index is 1.36. The first kappa shape index (κ1) is 26.0. The van der Waals surface area contributed by atoms with Gasteiger partial charge in [0.25, 0.3) is 0 Å². The van der Waals surface area contributed by atoms with E-state index in [4.69, 9.17) is 0 Å². The van der Waals surface area contributed by atoms with E-state index in [0.29, 0.717) is 5.92 Å². The molecule has 0 bridgehead atoms. The summed E-state index contributed by atoms with van der Waals surface area (Å²) in [4.78, 5) is 0. The van der Waals surface area contributed by atoms with Crippen LogP contribution in [-0.2, 0) is 0 Å². The van der Waals surface area contributed by atoms with Gasteiger partial charge < -0.3 is 0 Å². The molecule has 0 N–H and O–H groups in total. The van der Waals surface area contributed by atoms with Gasteiger partial charge in [-0.3, -0.25) is 0 Å². The van der Waals surface area contributed by atoms with E-state index >= 15 is 0 Å². The largest absolute Gasteiger partial charge is 0.0761 e. The molecule has 4 aromatic rings. The minimum atomic E-state index is 0.213. The van der Waals surface area contributed by atoms with Gasteiger partial charge in [0, 0.05) is 17.8 Å². The van der Waals surface area contributed by atoms with Crippen molar-refractivity contribution in [2.45, 2.75) is 12.3 Å². The van der Waals surface area contributed by atoms with E-state index < -0.39 is 0 Å². The molecule has 0 saturated carbocycles. The van der Waals surface area contributed by atoms with Crippen molar-refractivity contribution >= 4 is 21.9 Å². The van der Waals surface area contributed by atoms with Crippen LogP contribution in [0.25, 0.3) is 21.9 Å². The van der Waals surface area contributed by atoms with Gasteiger partial charge in [0.05, 0.1) is 0 Å². The molecule has 4 aromatic carbocycles. The molecule has 0 aromatic heterocycles. The molecule has 0 saturated heterocycles. The SMILES string of the molecule is C1=CC2/C(C3=CC(c4ccccc4)=CC(c4ccccc4)C3)=C/C=C\C=C/C=C(\c3cccc4ccccc34)C2C=C1. The van der Waals surface area contributed by atoms with Gasteiger partial charge in [0.2, 0.25) is 0 Å². The summed E-state index contributed by atoms with van der Waals surface area (Å²) in [5, 5.41) is 2.58. The monoisotopic (exact) mass is 538 g/mol. The van der Waals surface area contributed by atoms with E-state index in [1.54, 1.807) is 0 Å². The summed E-state index contributed by atoms with van der Waals surface area (Å²) in [7, 11) is 0. The first-order valence-electron chi connectivity index (χ1n) is 15.0. The maximum Gasteiger partial charge on any atom is 0.0131 e. The van der Waals surface area contributed by atoms with Crippen molar-refractivity contribution < 1.29 is 0 Å². The van der Waals surface area contributed by atoms with E-state index in [9.17, 15) is 0 Å². The highest BCUT2D eigenvalue weighted by molar-refractivity contribution is 5.95. The second-order valence-electron chi connectivity index (χ2n) is 11.2. The maximum atomic E-state index is 2.46. The standard InChI is InChI=1S/C42H34/c1-2-10-24-41(40-27-15-21-33-20-11-12-23-37(33)40)42-26-14-13-25-39(42)38(22-9-1)36-29-34(31-16-5-3-6-17-31)28-35(30-36)32-18-7-4-8-19-32/h1-29,35,39,42H,30H2/b9-1-,10-2-,38-22+,41-24+. The average Bonchev–Trinajstić information content (AvgIpc) is 3.07. The third-order valence-corrected chi connectivity index (χ3v) is 8.69. The fourth-order valence-corrected chi connectivity index (χ4v) is 6.67. The van der Waals surface area contributed by atoms with E-state index in [-0.39, 0.29) is 11.8 Å². The predicted molar refractivity (Wildman–Crippen MR) is 180 cm³/mol. The Bertz CT molecular complexity index is 1830.